The number of rotatable bonds is 8. The summed E-state index contributed by atoms with van der Waals surface area (Å²) in [5.74, 6) is 2.48. The van der Waals surface area contributed by atoms with Gasteiger partial charge in [0.05, 0.1) is 12.7 Å². The zero-order chi connectivity index (χ0) is 21.8. The van der Waals surface area contributed by atoms with Crippen LogP contribution in [0.4, 0.5) is 0 Å². The summed E-state index contributed by atoms with van der Waals surface area (Å²) in [5.41, 5.74) is 3.29. The van der Waals surface area contributed by atoms with Gasteiger partial charge in [0, 0.05) is 5.57 Å². The van der Waals surface area contributed by atoms with Crippen LogP contribution in [0, 0.1) is 5.92 Å². The number of aldehydes is 1. The highest BCUT2D eigenvalue weighted by atomic mass is 16.3. The maximum absolute atomic E-state index is 9.68. The van der Waals surface area contributed by atoms with E-state index in [-0.39, 0.29) is 18.3 Å². The Morgan fingerprint density at radius 1 is 0.933 bits per heavy atom. The van der Waals surface area contributed by atoms with Gasteiger partial charge in [-0.1, -0.05) is 63.5 Å². The zero-order valence-electron chi connectivity index (χ0n) is 18.9. The number of hydrogen-bond acceptors (Lipinski definition) is 3. The van der Waals surface area contributed by atoms with E-state index in [1.165, 1.54) is 56.9 Å². The maximum Gasteiger partial charge on any atom is 0.147 e. The standard InChI is InChI=1S/C23H36O.C4H6O2/c1-2-3-4-5-18-6-8-19(9-7-18)20-10-12-21(13-11-20)22-14-16-23(24)17-15-22;1-4(2-5)3-6/h10-13,18-19,22-24H,2-9,14-17H2,1H3;2,6H,1,3H2. The third-order valence-corrected chi connectivity index (χ3v) is 7.01. The van der Waals surface area contributed by atoms with Crippen LogP contribution >= 0.6 is 0 Å². The van der Waals surface area contributed by atoms with Gasteiger partial charge in [-0.15, -0.1) is 0 Å². The predicted octanol–water partition coefficient (Wildman–Crippen LogP) is 6.29. The molecule has 0 saturated heterocycles. The van der Waals surface area contributed by atoms with E-state index in [1.54, 1.807) is 5.56 Å². The van der Waals surface area contributed by atoms with Crippen LogP contribution in [0.1, 0.15) is 107 Å². The van der Waals surface area contributed by atoms with Crippen molar-refractivity contribution in [2.75, 3.05) is 6.61 Å². The first kappa shape index (κ1) is 24.8. The Morgan fingerprint density at radius 3 is 1.83 bits per heavy atom. The molecule has 30 heavy (non-hydrogen) atoms. The van der Waals surface area contributed by atoms with Gasteiger partial charge < -0.3 is 10.2 Å². The molecule has 2 fully saturated rings. The molecule has 0 unspecified atom stereocenters. The molecule has 2 saturated carbocycles. The van der Waals surface area contributed by atoms with Crippen molar-refractivity contribution in [3.05, 3.63) is 47.5 Å². The normalized spacial score (nSPS) is 26.4. The average Bonchev–Trinajstić information content (AvgIpc) is 2.80. The van der Waals surface area contributed by atoms with E-state index >= 15 is 0 Å². The summed E-state index contributed by atoms with van der Waals surface area (Å²) in [6, 6.07) is 9.57. The Bertz CT molecular complexity index is 606. The largest absolute Gasteiger partial charge is 0.393 e. The fraction of sp³-hybridized carbons (Fsp3) is 0.667. The molecule has 2 aliphatic rings. The molecule has 0 amide bonds. The smallest absolute Gasteiger partial charge is 0.147 e. The van der Waals surface area contributed by atoms with E-state index in [0.29, 0.717) is 12.2 Å². The third kappa shape index (κ3) is 8.35. The van der Waals surface area contributed by atoms with Gasteiger partial charge in [0.25, 0.3) is 0 Å². The Labute approximate surface area is 183 Å². The van der Waals surface area contributed by atoms with Gasteiger partial charge in [0.15, 0.2) is 0 Å². The summed E-state index contributed by atoms with van der Waals surface area (Å²) in [5, 5.41) is 17.7. The van der Waals surface area contributed by atoms with Crippen molar-refractivity contribution < 1.29 is 15.0 Å². The molecular formula is C27H42O3. The molecule has 3 heteroatoms. The molecule has 0 heterocycles. The van der Waals surface area contributed by atoms with Crippen LogP contribution in [0.3, 0.4) is 0 Å². The van der Waals surface area contributed by atoms with Crippen LogP contribution in [0.2, 0.25) is 0 Å². The summed E-state index contributed by atoms with van der Waals surface area (Å²) in [6.45, 7) is 5.24. The van der Waals surface area contributed by atoms with Gasteiger partial charge in [-0.25, -0.2) is 0 Å². The lowest BCUT2D eigenvalue weighted by atomic mass is 9.76. The SMILES string of the molecule is C=C(C=O)CO.CCCCCC1CCC(c2ccc(C3CCC(O)CC3)cc2)CC1. The predicted molar refractivity (Wildman–Crippen MR) is 125 cm³/mol. The second-order valence-corrected chi connectivity index (χ2v) is 9.32. The molecule has 0 radical (unpaired) electrons. The van der Waals surface area contributed by atoms with E-state index in [1.807, 2.05) is 0 Å². The highest BCUT2D eigenvalue weighted by molar-refractivity contribution is 5.72. The molecule has 0 atom stereocenters. The Balaban J connectivity index is 0.000000469. The Kier molecular flexibility index (Phi) is 11.4. The molecule has 3 nitrogen and oxygen atoms in total. The number of carbonyl (C=O) groups excluding carboxylic acids is 1. The van der Waals surface area contributed by atoms with Crippen molar-refractivity contribution in [1.29, 1.82) is 0 Å². The number of benzene rings is 1. The number of carbonyl (C=O) groups is 1. The first-order chi connectivity index (χ1) is 14.6. The minimum Gasteiger partial charge on any atom is -0.393 e. The monoisotopic (exact) mass is 414 g/mol. The summed E-state index contributed by atoms with van der Waals surface area (Å²) < 4.78 is 0. The minimum absolute atomic E-state index is 0.0481. The van der Waals surface area contributed by atoms with E-state index in [2.05, 4.69) is 37.8 Å². The van der Waals surface area contributed by atoms with Gasteiger partial charge in [0.1, 0.15) is 6.29 Å². The van der Waals surface area contributed by atoms with Crippen LogP contribution in [0.5, 0.6) is 0 Å². The topological polar surface area (TPSA) is 57.5 Å². The average molecular weight is 415 g/mol. The van der Waals surface area contributed by atoms with Crippen LogP contribution in [0.15, 0.2) is 36.4 Å². The zero-order valence-corrected chi connectivity index (χ0v) is 18.9. The molecular weight excluding hydrogens is 372 g/mol. The molecule has 0 spiro atoms. The molecule has 0 bridgehead atoms. The fourth-order valence-corrected chi connectivity index (χ4v) is 4.95. The molecule has 1 aromatic rings. The van der Waals surface area contributed by atoms with Gasteiger partial charge in [-0.2, -0.15) is 0 Å². The van der Waals surface area contributed by atoms with Gasteiger partial charge in [-0.05, 0) is 80.2 Å². The van der Waals surface area contributed by atoms with E-state index in [0.717, 1.165) is 37.5 Å². The summed E-state index contributed by atoms with van der Waals surface area (Å²) in [7, 11) is 0. The van der Waals surface area contributed by atoms with Crippen LogP contribution in [-0.2, 0) is 4.79 Å². The molecule has 2 N–H and O–H groups in total. The lowest BCUT2D eigenvalue weighted by Crippen LogP contribution is -2.17. The lowest BCUT2D eigenvalue weighted by molar-refractivity contribution is -0.105. The third-order valence-electron chi connectivity index (χ3n) is 7.01. The van der Waals surface area contributed by atoms with Crippen LogP contribution < -0.4 is 0 Å². The van der Waals surface area contributed by atoms with Gasteiger partial charge in [-0.3, -0.25) is 4.79 Å². The highest BCUT2D eigenvalue weighted by Gasteiger charge is 2.23. The fourth-order valence-electron chi connectivity index (χ4n) is 4.95. The lowest BCUT2D eigenvalue weighted by Gasteiger charge is -2.29. The molecule has 0 aromatic heterocycles. The van der Waals surface area contributed by atoms with Crippen molar-refractivity contribution in [3.8, 4) is 0 Å². The molecule has 0 aliphatic heterocycles. The number of unbranched alkanes of at least 4 members (excludes halogenated alkanes) is 2. The second kappa shape index (κ2) is 13.8. The molecule has 2 aliphatic carbocycles. The second-order valence-electron chi connectivity index (χ2n) is 9.32. The minimum atomic E-state index is -0.233. The summed E-state index contributed by atoms with van der Waals surface area (Å²) >= 11 is 0. The van der Waals surface area contributed by atoms with Crippen molar-refractivity contribution in [1.82, 2.24) is 0 Å². The van der Waals surface area contributed by atoms with E-state index in [4.69, 9.17) is 5.11 Å². The first-order valence-electron chi connectivity index (χ1n) is 12.1. The van der Waals surface area contributed by atoms with E-state index in [9.17, 15) is 9.90 Å². The van der Waals surface area contributed by atoms with Gasteiger partial charge in [0.2, 0.25) is 0 Å². The maximum atomic E-state index is 9.68. The first-order valence-corrected chi connectivity index (χ1v) is 12.1. The van der Waals surface area contributed by atoms with Crippen molar-refractivity contribution in [2.24, 2.45) is 5.92 Å². The Morgan fingerprint density at radius 2 is 1.43 bits per heavy atom. The van der Waals surface area contributed by atoms with Crippen LogP contribution in [0.25, 0.3) is 0 Å². The molecule has 3 rings (SSSR count). The molecule has 168 valence electrons. The van der Waals surface area contributed by atoms with Gasteiger partial charge >= 0.3 is 0 Å². The van der Waals surface area contributed by atoms with E-state index < -0.39 is 0 Å². The molecule has 1 aromatic carbocycles. The van der Waals surface area contributed by atoms with Crippen molar-refractivity contribution in [2.45, 2.75) is 102 Å². The highest BCUT2D eigenvalue weighted by Crippen LogP contribution is 2.39. The van der Waals surface area contributed by atoms with Crippen LogP contribution in [-0.4, -0.2) is 29.2 Å². The van der Waals surface area contributed by atoms with Crippen molar-refractivity contribution >= 4 is 6.29 Å². The number of aliphatic hydroxyl groups is 2. The quantitative estimate of drug-likeness (QED) is 0.298. The number of aliphatic hydroxyl groups excluding tert-OH is 2. The summed E-state index contributed by atoms with van der Waals surface area (Å²) in [4.78, 5) is 9.48. The Hall–Kier alpha value is -1.45. The summed E-state index contributed by atoms with van der Waals surface area (Å²) in [6.07, 6.45) is 16.1. The van der Waals surface area contributed by atoms with Crippen molar-refractivity contribution in [3.63, 3.8) is 0 Å². The number of hydrogen-bond donors (Lipinski definition) is 2.